The summed E-state index contributed by atoms with van der Waals surface area (Å²) < 4.78 is 0. The molecule has 16 heavy (non-hydrogen) atoms. The van der Waals surface area contributed by atoms with Crippen molar-refractivity contribution in [2.24, 2.45) is 0 Å². The average Bonchev–Trinajstić information content (AvgIpc) is 2.34. The highest BCUT2D eigenvalue weighted by atomic mass is 16.3. The van der Waals surface area contributed by atoms with Crippen LogP contribution in [-0.4, -0.2) is 35.5 Å². The highest BCUT2D eigenvalue weighted by molar-refractivity contribution is 5.74. The Hall–Kier alpha value is -1.59. The van der Waals surface area contributed by atoms with Gasteiger partial charge in [-0.25, -0.2) is 4.79 Å². The molecule has 0 spiro atoms. The smallest absolute Gasteiger partial charge is 0.315 e. The number of benzene rings is 1. The van der Waals surface area contributed by atoms with E-state index in [2.05, 4.69) is 10.6 Å². The zero-order valence-electron chi connectivity index (χ0n) is 8.89. The number of urea groups is 1. The van der Waals surface area contributed by atoms with E-state index < -0.39 is 12.1 Å². The second kappa shape index (κ2) is 6.81. The Labute approximate surface area is 94.1 Å². The first-order valence-corrected chi connectivity index (χ1v) is 5.06. The highest BCUT2D eigenvalue weighted by Gasteiger charge is 2.08. The maximum atomic E-state index is 11.3. The van der Waals surface area contributed by atoms with E-state index in [9.17, 15) is 4.79 Å². The van der Waals surface area contributed by atoms with Crippen LogP contribution in [0.2, 0.25) is 0 Å². The molecule has 5 heteroatoms. The van der Waals surface area contributed by atoms with E-state index >= 15 is 0 Å². The molecule has 88 valence electrons. The second-order valence-corrected chi connectivity index (χ2v) is 3.37. The van der Waals surface area contributed by atoms with Gasteiger partial charge in [0.25, 0.3) is 0 Å². The number of carbonyl (C=O) groups is 1. The van der Waals surface area contributed by atoms with Crippen LogP contribution in [0.5, 0.6) is 0 Å². The van der Waals surface area contributed by atoms with Gasteiger partial charge in [-0.05, 0) is 5.56 Å². The predicted molar refractivity (Wildman–Crippen MR) is 59.8 cm³/mol. The van der Waals surface area contributed by atoms with Gasteiger partial charge in [0.2, 0.25) is 0 Å². The van der Waals surface area contributed by atoms with Crippen molar-refractivity contribution >= 4 is 6.03 Å². The Morgan fingerprint density at radius 1 is 1.19 bits per heavy atom. The number of amides is 2. The van der Waals surface area contributed by atoms with Gasteiger partial charge in [0.05, 0.1) is 19.3 Å². The van der Waals surface area contributed by atoms with Crippen molar-refractivity contribution in [1.82, 2.24) is 10.6 Å². The van der Waals surface area contributed by atoms with Gasteiger partial charge < -0.3 is 20.8 Å². The van der Waals surface area contributed by atoms with Crippen LogP contribution in [0.15, 0.2) is 30.3 Å². The van der Waals surface area contributed by atoms with Crippen LogP contribution in [0.25, 0.3) is 0 Å². The summed E-state index contributed by atoms with van der Waals surface area (Å²) in [6, 6.07) is 8.45. The first-order valence-electron chi connectivity index (χ1n) is 5.06. The lowest BCUT2D eigenvalue weighted by atomic mass is 10.2. The summed E-state index contributed by atoms with van der Waals surface area (Å²) in [5.74, 6) is 0. The summed E-state index contributed by atoms with van der Waals surface area (Å²) in [5, 5.41) is 22.6. The molecule has 0 radical (unpaired) electrons. The zero-order chi connectivity index (χ0) is 11.8. The lowest BCUT2D eigenvalue weighted by molar-refractivity contribution is 0.169. The minimum Gasteiger partial charge on any atom is -0.394 e. The molecule has 0 fully saturated rings. The number of aliphatic hydroxyl groups excluding tert-OH is 2. The number of aliphatic hydroxyl groups is 2. The van der Waals surface area contributed by atoms with E-state index in [1.165, 1.54) is 0 Å². The van der Waals surface area contributed by atoms with Crippen LogP contribution >= 0.6 is 0 Å². The summed E-state index contributed by atoms with van der Waals surface area (Å²) in [4.78, 5) is 11.3. The van der Waals surface area contributed by atoms with Crippen molar-refractivity contribution in [3.63, 3.8) is 0 Å². The number of rotatable bonds is 5. The van der Waals surface area contributed by atoms with Crippen LogP contribution in [0.4, 0.5) is 4.79 Å². The van der Waals surface area contributed by atoms with E-state index in [-0.39, 0.29) is 13.2 Å². The topological polar surface area (TPSA) is 81.6 Å². The fourth-order valence-electron chi connectivity index (χ4n) is 1.16. The van der Waals surface area contributed by atoms with Crippen molar-refractivity contribution in [1.29, 1.82) is 0 Å². The molecular formula is C11H16N2O3. The molecule has 1 aromatic rings. The number of nitrogens with one attached hydrogen (secondary N) is 2. The molecule has 4 N–H and O–H groups in total. The molecule has 0 atom stereocenters. The Bertz CT molecular complexity index is 312. The number of carbonyl (C=O) groups excluding carboxylic acids is 1. The molecule has 1 aromatic carbocycles. The molecule has 0 aromatic heterocycles. The third-order valence-corrected chi connectivity index (χ3v) is 2.07. The molecule has 0 aliphatic rings. The molecule has 0 aliphatic heterocycles. The SMILES string of the molecule is O=C(NCc1ccccc1)NC(CO)CO. The number of hydrogen-bond donors (Lipinski definition) is 4. The summed E-state index contributed by atoms with van der Waals surface area (Å²) in [6.45, 7) is -0.152. The van der Waals surface area contributed by atoms with Gasteiger partial charge >= 0.3 is 6.03 Å². The van der Waals surface area contributed by atoms with Crippen LogP contribution in [0, 0.1) is 0 Å². The van der Waals surface area contributed by atoms with Gasteiger partial charge in [-0.15, -0.1) is 0 Å². The largest absolute Gasteiger partial charge is 0.394 e. The summed E-state index contributed by atoms with van der Waals surface area (Å²) in [6.07, 6.45) is 0. The Morgan fingerprint density at radius 2 is 1.81 bits per heavy atom. The van der Waals surface area contributed by atoms with Crippen molar-refractivity contribution in [2.45, 2.75) is 12.6 Å². The van der Waals surface area contributed by atoms with Crippen molar-refractivity contribution in [3.05, 3.63) is 35.9 Å². The Morgan fingerprint density at radius 3 is 2.38 bits per heavy atom. The fourth-order valence-corrected chi connectivity index (χ4v) is 1.16. The molecule has 2 amide bonds. The lowest BCUT2D eigenvalue weighted by Crippen LogP contribution is -2.45. The standard InChI is InChI=1S/C11H16N2O3/c14-7-10(8-15)13-11(16)12-6-9-4-2-1-3-5-9/h1-5,10,14-15H,6-8H2,(H2,12,13,16). The molecule has 5 nitrogen and oxygen atoms in total. The van der Waals surface area contributed by atoms with Gasteiger partial charge in [0.15, 0.2) is 0 Å². The molecule has 0 aliphatic carbocycles. The third-order valence-electron chi connectivity index (χ3n) is 2.07. The van der Waals surface area contributed by atoms with Crippen molar-refractivity contribution < 1.29 is 15.0 Å². The maximum absolute atomic E-state index is 11.3. The Kier molecular flexibility index (Phi) is 5.31. The zero-order valence-corrected chi connectivity index (χ0v) is 8.89. The molecule has 0 heterocycles. The second-order valence-electron chi connectivity index (χ2n) is 3.37. The first-order chi connectivity index (χ1) is 7.76. The van der Waals surface area contributed by atoms with Gasteiger partial charge in [0, 0.05) is 6.54 Å². The van der Waals surface area contributed by atoms with Crippen LogP contribution < -0.4 is 10.6 Å². The molecule has 1 rings (SSSR count). The quantitative estimate of drug-likeness (QED) is 0.561. The minimum absolute atomic E-state index is 0.282. The molecule has 0 saturated heterocycles. The summed E-state index contributed by atoms with van der Waals surface area (Å²) >= 11 is 0. The van der Waals surface area contributed by atoms with Crippen molar-refractivity contribution in [2.75, 3.05) is 13.2 Å². The normalized spacial score (nSPS) is 10.2. The van der Waals surface area contributed by atoms with E-state index in [0.29, 0.717) is 6.54 Å². The molecule has 0 saturated carbocycles. The predicted octanol–water partition coefficient (Wildman–Crippen LogP) is -0.161. The monoisotopic (exact) mass is 224 g/mol. The molecule has 0 unspecified atom stereocenters. The van der Waals surface area contributed by atoms with Gasteiger partial charge in [-0.2, -0.15) is 0 Å². The average molecular weight is 224 g/mol. The molecular weight excluding hydrogens is 208 g/mol. The van der Waals surface area contributed by atoms with E-state index in [4.69, 9.17) is 10.2 Å². The van der Waals surface area contributed by atoms with Crippen molar-refractivity contribution in [3.8, 4) is 0 Å². The third kappa shape index (κ3) is 4.29. The van der Waals surface area contributed by atoms with Crippen LogP contribution in [0.1, 0.15) is 5.56 Å². The van der Waals surface area contributed by atoms with E-state index in [0.717, 1.165) is 5.56 Å². The fraction of sp³-hybridized carbons (Fsp3) is 0.364. The summed E-state index contributed by atoms with van der Waals surface area (Å²) in [7, 11) is 0. The van der Waals surface area contributed by atoms with Crippen LogP contribution in [0.3, 0.4) is 0 Å². The van der Waals surface area contributed by atoms with E-state index in [1.807, 2.05) is 30.3 Å². The van der Waals surface area contributed by atoms with Gasteiger partial charge in [-0.1, -0.05) is 30.3 Å². The number of hydrogen-bond acceptors (Lipinski definition) is 3. The maximum Gasteiger partial charge on any atom is 0.315 e. The minimum atomic E-state index is -0.615. The molecule has 0 bridgehead atoms. The Balaban J connectivity index is 2.30. The van der Waals surface area contributed by atoms with Gasteiger partial charge in [-0.3, -0.25) is 0 Å². The summed E-state index contributed by atoms with van der Waals surface area (Å²) in [5.41, 5.74) is 0.988. The first kappa shape index (κ1) is 12.5. The van der Waals surface area contributed by atoms with Crippen LogP contribution in [-0.2, 0) is 6.54 Å². The van der Waals surface area contributed by atoms with E-state index in [1.54, 1.807) is 0 Å². The van der Waals surface area contributed by atoms with Gasteiger partial charge in [0.1, 0.15) is 0 Å². The highest BCUT2D eigenvalue weighted by Crippen LogP contribution is 1.96. The lowest BCUT2D eigenvalue weighted by Gasteiger charge is -2.14.